The average Bonchev–Trinajstić information content (AvgIpc) is 3.34. The summed E-state index contributed by atoms with van der Waals surface area (Å²) in [5.74, 6) is -2.04. The Morgan fingerprint density at radius 1 is 1.21 bits per heavy atom. The minimum absolute atomic E-state index is 0.0493. The van der Waals surface area contributed by atoms with E-state index in [9.17, 15) is 14.4 Å². The minimum Gasteiger partial charge on any atom is -0.459 e. The van der Waals surface area contributed by atoms with Crippen molar-refractivity contribution in [3.63, 3.8) is 0 Å². The monoisotopic (exact) mass is 381 g/mol. The van der Waals surface area contributed by atoms with E-state index in [0.717, 1.165) is 0 Å². The van der Waals surface area contributed by atoms with Gasteiger partial charge >= 0.3 is 5.97 Å². The van der Waals surface area contributed by atoms with E-state index in [1.807, 2.05) is 6.07 Å². The number of para-hydroxylation sites is 1. The summed E-state index contributed by atoms with van der Waals surface area (Å²) in [4.78, 5) is 35.9. The minimum atomic E-state index is -0.991. The van der Waals surface area contributed by atoms with Crippen molar-refractivity contribution < 1.29 is 28.0 Å². The maximum absolute atomic E-state index is 12.1. The van der Waals surface area contributed by atoms with Crippen LogP contribution in [-0.4, -0.2) is 30.4 Å². The van der Waals surface area contributed by atoms with E-state index in [1.165, 1.54) is 25.3 Å². The molecule has 9 heteroatoms. The van der Waals surface area contributed by atoms with Gasteiger partial charge in [-0.3, -0.25) is 9.59 Å². The molecule has 2 heterocycles. The molecular formula is C19H15N3O6. The summed E-state index contributed by atoms with van der Waals surface area (Å²) in [7, 11) is 0. The van der Waals surface area contributed by atoms with Crippen LogP contribution in [0.1, 0.15) is 23.2 Å². The second-order valence-electron chi connectivity index (χ2n) is 5.74. The molecule has 1 atom stereocenters. The van der Waals surface area contributed by atoms with Crippen LogP contribution in [0.2, 0.25) is 0 Å². The number of benzene rings is 1. The third-order valence-corrected chi connectivity index (χ3v) is 3.75. The highest BCUT2D eigenvalue weighted by Crippen LogP contribution is 2.30. The molecule has 0 aliphatic rings. The fourth-order valence-corrected chi connectivity index (χ4v) is 2.42. The molecule has 142 valence electrons. The zero-order valence-corrected chi connectivity index (χ0v) is 14.7. The Kier molecular flexibility index (Phi) is 5.41. The van der Waals surface area contributed by atoms with Crippen molar-refractivity contribution in [2.45, 2.75) is 13.0 Å². The third-order valence-electron chi connectivity index (χ3n) is 3.75. The van der Waals surface area contributed by atoms with E-state index < -0.39 is 30.4 Å². The summed E-state index contributed by atoms with van der Waals surface area (Å²) in [5, 5.41) is 14.6. The molecule has 2 amide bonds. The summed E-state index contributed by atoms with van der Waals surface area (Å²) in [5.41, 5.74) is 0.652. The summed E-state index contributed by atoms with van der Waals surface area (Å²) in [6.07, 6.45) is 1.33. The van der Waals surface area contributed by atoms with Gasteiger partial charge in [0.1, 0.15) is 23.4 Å². The number of nitriles is 1. The molecule has 0 aliphatic carbocycles. The van der Waals surface area contributed by atoms with Crippen LogP contribution in [0.15, 0.2) is 51.5 Å². The quantitative estimate of drug-likeness (QED) is 0.625. The van der Waals surface area contributed by atoms with Crippen LogP contribution in [-0.2, 0) is 14.3 Å². The van der Waals surface area contributed by atoms with Gasteiger partial charge in [0.05, 0.1) is 6.26 Å². The van der Waals surface area contributed by atoms with Gasteiger partial charge in [0, 0.05) is 5.39 Å². The lowest BCUT2D eigenvalue weighted by Gasteiger charge is -2.12. The van der Waals surface area contributed by atoms with Crippen molar-refractivity contribution in [2.24, 2.45) is 0 Å². The van der Waals surface area contributed by atoms with Gasteiger partial charge < -0.3 is 24.2 Å². The average molecular weight is 381 g/mol. The number of carbonyl (C=O) groups excluding carboxylic acids is 3. The Morgan fingerprint density at radius 3 is 2.71 bits per heavy atom. The fraction of sp³-hybridized carbons (Fsp3) is 0.158. The molecule has 0 unspecified atom stereocenters. The Bertz CT molecular complexity index is 1060. The first-order valence-electron chi connectivity index (χ1n) is 8.22. The zero-order valence-electron chi connectivity index (χ0n) is 14.7. The highest BCUT2D eigenvalue weighted by molar-refractivity contribution is 6.03. The molecule has 3 aromatic rings. The number of carbonyl (C=O) groups is 3. The van der Waals surface area contributed by atoms with E-state index in [-0.39, 0.29) is 17.2 Å². The van der Waals surface area contributed by atoms with E-state index in [4.69, 9.17) is 18.8 Å². The van der Waals surface area contributed by atoms with Crippen molar-refractivity contribution >= 4 is 34.4 Å². The summed E-state index contributed by atoms with van der Waals surface area (Å²) >= 11 is 0. The number of esters is 1. The number of rotatable bonds is 6. The lowest BCUT2D eigenvalue weighted by molar-refractivity contribution is -0.148. The highest BCUT2D eigenvalue weighted by Gasteiger charge is 2.21. The van der Waals surface area contributed by atoms with Gasteiger partial charge in [0.15, 0.2) is 12.4 Å². The molecule has 0 spiro atoms. The molecule has 2 N–H and O–H groups in total. The number of furan rings is 2. The van der Waals surface area contributed by atoms with Gasteiger partial charge in [-0.15, -0.1) is 0 Å². The van der Waals surface area contributed by atoms with Gasteiger partial charge in [-0.05, 0) is 31.2 Å². The molecular weight excluding hydrogens is 366 g/mol. The first kappa shape index (κ1) is 18.7. The van der Waals surface area contributed by atoms with E-state index >= 15 is 0 Å². The largest absolute Gasteiger partial charge is 0.459 e. The number of ether oxygens (including phenoxy) is 1. The summed E-state index contributed by atoms with van der Waals surface area (Å²) < 4.78 is 15.2. The molecule has 0 saturated carbocycles. The van der Waals surface area contributed by atoms with Gasteiger partial charge in [0.2, 0.25) is 5.76 Å². The number of fused-ring (bicyclic) bond motifs is 1. The third kappa shape index (κ3) is 4.02. The second kappa shape index (κ2) is 8.09. The van der Waals surface area contributed by atoms with E-state index in [0.29, 0.717) is 11.0 Å². The molecule has 9 nitrogen and oxygen atoms in total. The van der Waals surface area contributed by atoms with Crippen LogP contribution in [0, 0.1) is 11.3 Å². The SMILES string of the molecule is C[C@H](NC(=O)c1ccco1)C(=O)OCC(=O)Nc1c(C#N)oc2ccccc12. The second-order valence-corrected chi connectivity index (χ2v) is 5.74. The summed E-state index contributed by atoms with van der Waals surface area (Å²) in [6, 6.07) is 10.7. The molecule has 28 heavy (non-hydrogen) atoms. The van der Waals surface area contributed by atoms with Crippen LogP contribution in [0.5, 0.6) is 0 Å². The normalized spacial score (nSPS) is 11.4. The molecule has 0 radical (unpaired) electrons. The molecule has 0 saturated heterocycles. The molecule has 0 bridgehead atoms. The number of nitrogens with zero attached hydrogens (tertiary/aromatic N) is 1. The van der Waals surface area contributed by atoms with Gasteiger partial charge in [-0.1, -0.05) is 12.1 Å². The predicted molar refractivity (Wildman–Crippen MR) is 96.2 cm³/mol. The lowest BCUT2D eigenvalue weighted by Crippen LogP contribution is -2.40. The Balaban J connectivity index is 1.56. The Hall–Kier alpha value is -4.06. The number of hydrogen-bond donors (Lipinski definition) is 2. The van der Waals surface area contributed by atoms with Crippen molar-refractivity contribution in [1.29, 1.82) is 5.26 Å². The fourth-order valence-electron chi connectivity index (χ4n) is 2.42. The first-order chi connectivity index (χ1) is 13.5. The lowest BCUT2D eigenvalue weighted by atomic mass is 10.2. The van der Waals surface area contributed by atoms with Gasteiger partial charge in [-0.25, -0.2) is 4.79 Å². The molecule has 1 aromatic carbocycles. The van der Waals surface area contributed by atoms with E-state index in [1.54, 1.807) is 24.3 Å². The van der Waals surface area contributed by atoms with Gasteiger partial charge in [0.25, 0.3) is 11.8 Å². The van der Waals surface area contributed by atoms with Crippen molar-refractivity contribution in [2.75, 3.05) is 11.9 Å². The molecule has 0 aliphatic heterocycles. The maximum Gasteiger partial charge on any atom is 0.328 e. The van der Waals surface area contributed by atoms with Crippen LogP contribution in [0.25, 0.3) is 11.0 Å². The number of amides is 2. The van der Waals surface area contributed by atoms with Gasteiger partial charge in [-0.2, -0.15) is 5.26 Å². The molecule has 0 fully saturated rings. The molecule has 2 aromatic heterocycles. The standard InChI is InChI=1S/C19H15N3O6/c1-11(21-18(24)14-7-4-8-26-14)19(25)27-10-16(23)22-17-12-5-2-3-6-13(12)28-15(17)9-20/h2-8,11H,10H2,1H3,(H,21,24)(H,22,23)/t11-/m0/s1. The van der Waals surface area contributed by atoms with Crippen LogP contribution in [0.4, 0.5) is 5.69 Å². The topological polar surface area (TPSA) is 135 Å². The van der Waals surface area contributed by atoms with Crippen molar-refractivity contribution in [3.05, 3.63) is 54.2 Å². The highest BCUT2D eigenvalue weighted by atomic mass is 16.5. The Labute approximate surface area is 158 Å². The summed E-state index contributed by atoms with van der Waals surface area (Å²) in [6.45, 7) is 0.822. The van der Waals surface area contributed by atoms with Crippen LogP contribution >= 0.6 is 0 Å². The smallest absolute Gasteiger partial charge is 0.328 e. The number of nitrogens with one attached hydrogen (secondary N) is 2. The van der Waals surface area contributed by atoms with Crippen molar-refractivity contribution in [3.8, 4) is 6.07 Å². The number of hydrogen-bond acceptors (Lipinski definition) is 7. The van der Waals surface area contributed by atoms with Crippen LogP contribution < -0.4 is 10.6 Å². The Morgan fingerprint density at radius 2 is 2.00 bits per heavy atom. The van der Waals surface area contributed by atoms with Crippen molar-refractivity contribution in [1.82, 2.24) is 5.32 Å². The first-order valence-corrected chi connectivity index (χ1v) is 8.22. The molecule has 3 rings (SSSR count). The van der Waals surface area contributed by atoms with Crippen LogP contribution in [0.3, 0.4) is 0 Å². The zero-order chi connectivity index (χ0) is 20.1. The number of anilines is 1. The van der Waals surface area contributed by atoms with E-state index in [2.05, 4.69) is 10.6 Å². The predicted octanol–water partition coefficient (Wildman–Crippen LogP) is 2.20. The maximum atomic E-state index is 12.1.